The Balaban J connectivity index is 1.89. The molecule has 17 heavy (non-hydrogen) atoms. The molecular weight excluding hydrogens is 232 g/mol. The Hall–Kier alpha value is -0.870. The van der Waals surface area contributed by atoms with Crippen molar-refractivity contribution >= 4 is 17.2 Å². The smallest absolute Gasteiger partial charge is 0.236 e. The van der Waals surface area contributed by atoms with E-state index in [1.807, 2.05) is 14.0 Å². The van der Waals surface area contributed by atoms with Gasteiger partial charge in [-0.2, -0.15) is 0 Å². The topological polar surface area (TPSA) is 32.3 Å². The molecule has 4 heteroatoms. The van der Waals surface area contributed by atoms with Gasteiger partial charge in [-0.15, -0.1) is 11.3 Å². The quantitative estimate of drug-likeness (QED) is 0.842. The second-order valence-corrected chi connectivity index (χ2v) is 5.60. The zero-order chi connectivity index (χ0) is 12.3. The van der Waals surface area contributed by atoms with E-state index in [2.05, 4.69) is 22.8 Å². The molecule has 1 aliphatic carbocycles. The summed E-state index contributed by atoms with van der Waals surface area (Å²) in [6, 6.07) is 4.62. The number of thiophene rings is 1. The number of rotatable bonds is 6. The van der Waals surface area contributed by atoms with Gasteiger partial charge in [0.1, 0.15) is 0 Å². The van der Waals surface area contributed by atoms with E-state index in [-0.39, 0.29) is 5.91 Å². The molecule has 1 fully saturated rings. The summed E-state index contributed by atoms with van der Waals surface area (Å²) < 4.78 is 0. The van der Waals surface area contributed by atoms with Crippen LogP contribution in [0.15, 0.2) is 17.5 Å². The van der Waals surface area contributed by atoms with Crippen LogP contribution in [-0.4, -0.2) is 30.9 Å². The van der Waals surface area contributed by atoms with E-state index in [1.165, 1.54) is 17.7 Å². The highest BCUT2D eigenvalue weighted by Crippen LogP contribution is 2.42. The van der Waals surface area contributed by atoms with Crippen LogP contribution in [0.5, 0.6) is 0 Å². The zero-order valence-electron chi connectivity index (χ0n) is 10.5. The molecule has 3 nitrogen and oxygen atoms in total. The summed E-state index contributed by atoms with van der Waals surface area (Å²) in [6.07, 6.45) is 2.57. The van der Waals surface area contributed by atoms with Gasteiger partial charge in [0, 0.05) is 24.5 Å². The lowest BCUT2D eigenvalue weighted by Gasteiger charge is -2.19. The standard InChI is InChI=1S/C13H20N2OS/c1-3-15(2)12(16)9-14-13(10-6-7-10)11-5-4-8-17-11/h4-5,8,10,13-14H,3,6-7,9H2,1-2H3. The third kappa shape index (κ3) is 3.30. The summed E-state index contributed by atoms with van der Waals surface area (Å²) in [6.45, 7) is 3.21. The molecule has 1 unspecified atom stereocenters. The molecule has 0 aromatic carbocycles. The van der Waals surface area contributed by atoms with E-state index in [4.69, 9.17) is 0 Å². The number of hydrogen-bond donors (Lipinski definition) is 1. The van der Waals surface area contributed by atoms with Gasteiger partial charge in [-0.05, 0) is 37.1 Å². The van der Waals surface area contributed by atoms with Gasteiger partial charge < -0.3 is 10.2 Å². The van der Waals surface area contributed by atoms with Crippen LogP contribution < -0.4 is 5.32 Å². The average Bonchev–Trinajstić information content (AvgIpc) is 3.03. The Labute approximate surface area is 107 Å². The van der Waals surface area contributed by atoms with Crippen molar-refractivity contribution in [3.8, 4) is 0 Å². The van der Waals surface area contributed by atoms with Crippen molar-refractivity contribution in [1.29, 1.82) is 0 Å². The van der Waals surface area contributed by atoms with E-state index in [1.54, 1.807) is 16.2 Å². The highest BCUT2D eigenvalue weighted by molar-refractivity contribution is 7.10. The lowest BCUT2D eigenvalue weighted by molar-refractivity contribution is -0.128. The minimum Gasteiger partial charge on any atom is -0.345 e. The summed E-state index contributed by atoms with van der Waals surface area (Å²) in [4.78, 5) is 14.9. The second-order valence-electron chi connectivity index (χ2n) is 4.62. The molecular formula is C13H20N2OS. The third-order valence-corrected chi connectivity index (χ3v) is 4.27. The van der Waals surface area contributed by atoms with E-state index >= 15 is 0 Å². The summed E-state index contributed by atoms with van der Waals surface area (Å²) in [5.74, 6) is 0.906. The number of likely N-dealkylation sites (N-methyl/N-ethyl adjacent to an activating group) is 1. The molecule has 1 amide bonds. The van der Waals surface area contributed by atoms with Crippen molar-refractivity contribution < 1.29 is 4.79 Å². The van der Waals surface area contributed by atoms with Gasteiger partial charge >= 0.3 is 0 Å². The Morgan fingerprint density at radius 3 is 2.94 bits per heavy atom. The monoisotopic (exact) mass is 252 g/mol. The average molecular weight is 252 g/mol. The van der Waals surface area contributed by atoms with Crippen LogP contribution in [0, 0.1) is 5.92 Å². The van der Waals surface area contributed by atoms with Crippen LogP contribution in [0.4, 0.5) is 0 Å². The maximum atomic E-state index is 11.8. The zero-order valence-corrected chi connectivity index (χ0v) is 11.3. The largest absolute Gasteiger partial charge is 0.345 e. The maximum Gasteiger partial charge on any atom is 0.236 e. The van der Waals surface area contributed by atoms with Gasteiger partial charge in [-0.3, -0.25) is 4.79 Å². The minimum absolute atomic E-state index is 0.176. The highest BCUT2D eigenvalue weighted by atomic mass is 32.1. The summed E-state index contributed by atoms with van der Waals surface area (Å²) >= 11 is 1.78. The van der Waals surface area contributed by atoms with Crippen LogP contribution in [0.1, 0.15) is 30.7 Å². The molecule has 1 aromatic heterocycles. The first-order valence-electron chi connectivity index (χ1n) is 6.23. The van der Waals surface area contributed by atoms with Crippen molar-refractivity contribution in [2.45, 2.75) is 25.8 Å². The number of amides is 1. The molecule has 0 aliphatic heterocycles. The number of hydrogen-bond acceptors (Lipinski definition) is 3. The van der Waals surface area contributed by atoms with Gasteiger partial charge in [0.15, 0.2) is 0 Å². The molecule has 1 aromatic rings. The van der Waals surface area contributed by atoms with Crippen LogP contribution in [-0.2, 0) is 4.79 Å². The molecule has 1 heterocycles. The van der Waals surface area contributed by atoms with Crippen LogP contribution in [0.3, 0.4) is 0 Å². The maximum absolute atomic E-state index is 11.8. The van der Waals surface area contributed by atoms with Crippen LogP contribution in [0.25, 0.3) is 0 Å². The molecule has 1 aliphatic rings. The van der Waals surface area contributed by atoms with E-state index < -0.39 is 0 Å². The van der Waals surface area contributed by atoms with E-state index in [0.717, 1.165) is 12.5 Å². The van der Waals surface area contributed by atoms with Crippen molar-refractivity contribution in [1.82, 2.24) is 10.2 Å². The fourth-order valence-corrected chi connectivity index (χ4v) is 2.80. The third-order valence-electron chi connectivity index (χ3n) is 3.32. The van der Waals surface area contributed by atoms with Crippen molar-refractivity contribution in [3.05, 3.63) is 22.4 Å². The lowest BCUT2D eigenvalue weighted by Crippen LogP contribution is -2.37. The summed E-state index contributed by atoms with van der Waals surface area (Å²) in [7, 11) is 1.85. The number of nitrogens with zero attached hydrogens (tertiary/aromatic N) is 1. The van der Waals surface area contributed by atoms with Gasteiger partial charge in [-0.25, -0.2) is 0 Å². The van der Waals surface area contributed by atoms with Gasteiger partial charge in [0.25, 0.3) is 0 Å². The Kier molecular flexibility index (Phi) is 4.18. The van der Waals surface area contributed by atoms with E-state index in [9.17, 15) is 4.79 Å². The van der Waals surface area contributed by atoms with E-state index in [0.29, 0.717) is 12.6 Å². The Bertz CT molecular complexity index is 360. The second kappa shape index (κ2) is 5.65. The Morgan fingerprint density at radius 1 is 1.65 bits per heavy atom. The summed E-state index contributed by atoms with van der Waals surface area (Å²) in [5.41, 5.74) is 0. The van der Waals surface area contributed by atoms with Crippen molar-refractivity contribution in [2.75, 3.05) is 20.1 Å². The first kappa shape index (κ1) is 12.6. The lowest BCUT2D eigenvalue weighted by atomic mass is 10.1. The molecule has 0 spiro atoms. The fraction of sp³-hybridized carbons (Fsp3) is 0.615. The van der Waals surface area contributed by atoms with Crippen LogP contribution >= 0.6 is 11.3 Å². The van der Waals surface area contributed by atoms with Gasteiger partial charge in [0.05, 0.1) is 6.54 Å². The minimum atomic E-state index is 0.176. The molecule has 94 valence electrons. The number of nitrogens with one attached hydrogen (secondary N) is 1. The van der Waals surface area contributed by atoms with Crippen LogP contribution in [0.2, 0.25) is 0 Å². The molecule has 0 radical (unpaired) electrons. The summed E-state index contributed by atoms with van der Waals surface area (Å²) in [5, 5.41) is 5.52. The SMILES string of the molecule is CCN(C)C(=O)CNC(c1cccs1)C1CC1. The molecule has 1 N–H and O–H groups in total. The highest BCUT2D eigenvalue weighted by Gasteiger charge is 2.32. The first-order chi connectivity index (χ1) is 8.22. The predicted octanol–water partition coefficient (Wildman–Crippen LogP) is 2.27. The molecule has 0 bridgehead atoms. The van der Waals surface area contributed by atoms with Crippen molar-refractivity contribution in [2.24, 2.45) is 5.92 Å². The Morgan fingerprint density at radius 2 is 2.41 bits per heavy atom. The molecule has 1 saturated carbocycles. The first-order valence-corrected chi connectivity index (χ1v) is 7.11. The normalized spacial score (nSPS) is 16.8. The molecule has 0 saturated heterocycles. The van der Waals surface area contributed by atoms with Gasteiger partial charge in [0.2, 0.25) is 5.91 Å². The number of carbonyl (C=O) groups is 1. The fourth-order valence-electron chi connectivity index (χ4n) is 1.91. The molecule has 2 rings (SSSR count). The number of carbonyl (C=O) groups excluding carboxylic acids is 1. The van der Waals surface area contributed by atoms with Crippen molar-refractivity contribution in [3.63, 3.8) is 0 Å². The molecule has 1 atom stereocenters. The van der Waals surface area contributed by atoms with Gasteiger partial charge in [-0.1, -0.05) is 6.07 Å². The predicted molar refractivity (Wildman–Crippen MR) is 71.1 cm³/mol.